The second kappa shape index (κ2) is 8.56. The van der Waals surface area contributed by atoms with Gasteiger partial charge < -0.3 is 10.6 Å². The Morgan fingerprint density at radius 2 is 2.00 bits per heavy atom. The predicted octanol–water partition coefficient (Wildman–Crippen LogP) is 3.13. The van der Waals surface area contributed by atoms with Gasteiger partial charge in [-0.25, -0.2) is 0 Å². The molecule has 0 aliphatic heterocycles. The number of nitrogens with zero attached hydrogens (tertiary/aromatic N) is 1. The van der Waals surface area contributed by atoms with Gasteiger partial charge in [-0.15, -0.1) is 0 Å². The van der Waals surface area contributed by atoms with Gasteiger partial charge in [0.25, 0.3) is 0 Å². The maximum atomic E-state index is 5.92. The van der Waals surface area contributed by atoms with Crippen molar-refractivity contribution in [3.63, 3.8) is 0 Å². The van der Waals surface area contributed by atoms with Gasteiger partial charge in [-0.2, -0.15) is 11.8 Å². The van der Waals surface area contributed by atoms with Crippen LogP contribution in [-0.4, -0.2) is 41.5 Å². The standard InChI is InChI=1S/C15H24N2S2/c1-12(9-10-19-3)17(2)11-14(15(16)18)13-7-5-4-6-8-13/h4-8,12,14H,9-11H2,1-3H3,(H2,16,18). The van der Waals surface area contributed by atoms with Gasteiger partial charge >= 0.3 is 0 Å². The molecule has 2 N–H and O–H groups in total. The average molecular weight is 297 g/mol. The molecule has 0 spiro atoms. The van der Waals surface area contributed by atoms with E-state index in [1.165, 1.54) is 17.7 Å². The normalized spacial score (nSPS) is 14.3. The van der Waals surface area contributed by atoms with Crippen molar-refractivity contribution in [2.24, 2.45) is 5.73 Å². The van der Waals surface area contributed by atoms with Gasteiger partial charge in [-0.05, 0) is 38.0 Å². The Hall–Kier alpha value is -0.580. The van der Waals surface area contributed by atoms with Gasteiger partial charge in [0.05, 0.1) is 4.99 Å². The van der Waals surface area contributed by atoms with E-state index in [1.807, 2.05) is 30.0 Å². The number of nitrogens with two attached hydrogens (primary N) is 1. The number of thioether (sulfide) groups is 1. The van der Waals surface area contributed by atoms with Crippen molar-refractivity contribution in [1.29, 1.82) is 0 Å². The lowest BCUT2D eigenvalue weighted by atomic mass is 9.98. The van der Waals surface area contributed by atoms with Crippen LogP contribution in [0.2, 0.25) is 0 Å². The summed E-state index contributed by atoms with van der Waals surface area (Å²) in [6, 6.07) is 10.8. The molecule has 19 heavy (non-hydrogen) atoms. The van der Waals surface area contributed by atoms with Gasteiger partial charge in [-0.3, -0.25) is 0 Å². The Balaban J connectivity index is 2.67. The SMILES string of the molecule is CSCCC(C)N(C)CC(C(N)=S)c1ccccc1. The predicted molar refractivity (Wildman–Crippen MR) is 91.1 cm³/mol. The van der Waals surface area contributed by atoms with Crippen molar-refractivity contribution in [3.8, 4) is 0 Å². The Morgan fingerprint density at radius 1 is 1.37 bits per heavy atom. The molecular weight excluding hydrogens is 272 g/mol. The third-order valence-corrected chi connectivity index (χ3v) is 4.44. The second-order valence-electron chi connectivity index (χ2n) is 4.94. The summed E-state index contributed by atoms with van der Waals surface area (Å²) < 4.78 is 0. The van der Waals surface area contributed by atoms with E-state index in [-0.39, 0.29) is 5.92 Å². The zero-order valence-corrected chi connectivity index (χ0v) is 13.6. The lowest BCUT2D eigenvalue weighted by molar-refractivity contribution is 0.251. The summed E-state index contributed by atoms with van der Waals surface area (Å²) in [5, 5.41) is 0. The third-order valence-electron chi connectivity index (χ3n) is 3.51. The van der Waals surface area contributed by atoms with E-state index >= 15 is 0 Å². The zero-order valence-electron chi connectivity index (χ0n) is 12.0. The molecule has 4 heteroatoms. The fourth-order valence-corrected chi connectivity index (χ4v) is 2.81. The number of benzene rings is 1. The number of hydrogen-bond acceptors (Lipinski definition) is 3. The zero-order chi connectivity index (χ0) is 14.3. The Kier molecular flexibility index (Phi) is 7.42. The molecule has 0 bridgehead atoms. The number of thiocarbonyl (C=S) groups is 1. The summed E-state index contributed by atoms with van der Waals surface area (Å²) in [5.74, 6) is 1.33. The molecule has 0 fully saturated rings. The minimum atomic E-state index is 0.137. The summed E-state index contributed by atoms with van der Waals surface area (Å²) in [5.41, 5.74) is 7.13. The molecule has 1 aromatic carbocycles. The van der Waals surface area contributed by atoms with Gasteiger partial charge in [0.1, 0.15) is 0 Å². The Morgan fingerprint density at radius 3 is 2.53 bits per heavy atom. The first-order chi connectivity index (χ1) is 9.06. The number of rotatable bonds is 8. The van der Waals surface area contributed by atoms with E-state index in [9.17, 15) is 0 Å². The molecule has 2 atom stereocenters. The lowest BCUT2D eigenvalue weighted by Crippen LogP contribution is -2.37. The average Bonchev–Trinajstić information content (AvgIpc) is 2.42. The molecule has 2 nitrogen and oxygen atoms in total. The largest absolute Gasteiger partial charge is 0.393 e. The molecule has 1 aromatic rings. The van der Waals surface area contributed by atoms with E-state index in [0.717, 1.165) is 6.54 Å². The van der Waals surface area contributed by atoms with Gasteiger partial charge in [0.15, 0.2) is 0 Å². The molecule has 0 saturated heterocycles. The van der Waals surface area contributed by atoms with Crippen LogP contribution in [-0.2, 0) is 0 Å². The van der Waals surface area contributed by atoms with Gasteiger partial charge in [0.2, 0.25) is 0 Å². The van der Waals surface area contributed by atoms with E-state index in [2.05, 4.69) is 37.3 Å². The van der Waals surface area contributed by atoms with E-state index in [0.29, 0.717) is 11.0 Å². The molecule has 106 valence electrons. The van der Waals surface area contributed by atoms with Crippen LogP contribution < -0.4 is 5.73 Å². The Bertz CT molecular complexity index is 381. The van der Waals surface area contributed by atoms with Crippen LogP contribution in [0.5, 0.6) is 0 Å². The summed E-state index contributed by atoms with van der Waals surface area (Å²) >= 11 is 7.13. The first-order valence-electron chi connectivity index (χ1n) is 6.59. The van der Waals surface area contributed by atoms with Crippen LogP contribution in [0.4, 0.5) is 0 Å². The molecule has 2 unspecified atom stereocenters. The Labute approximate surface area is 126 Å². The molecule has 0 saturated carbocycles. The molecule has 0 radical (unpaired) electrons. The van der Waals surface area contributed by atoms with Crippen molar-refractivity contribution in [2.75, 3.05) is 25.6 Å². The quantitative estimate of drug-likeness (QED) is 0.746. The fourth-order valence-electron chi connectivity index (χ4n) is 2.02. The second-order valence-corrected chi connectivity index (χ2v) is 6.39. The van der Waals surface area contributed by atoms with Crippen molar-refractivity contribution in [3.05, 3.63) is 35.9 Å². The molecule has 1 rings (SSSR count). The summed E-state index contributed by atoms with van der Waals surface area (Å²) in [6.07, 6.45) is 3.34. The van der Waals surface area contributed by atoms with Crippen molar-refractivity contribution in [2.45, 2.75) is 25.3 Å². The van der Waals surface area contributed by atoms with Crippen LogP contribution in [0.15, 0.2) is 30.3 Å². The minimum Gasteiger partial charge on any atom is -0.393 e. The van der Waals surface area contributed by atoms with Gasteiger partial charge in [-0.1, -0.05) is 42.5 Å². The van der Waals surface area contributed by atoms with Gasteiger partial charge in [0, 0.05) is 18.5 Å². The van der Waals surface area contributed by atoms with Crippen LogP contribution in [0, 0.1) is 0 Å². The summed E-state index contributed by atoms with van der Waals surface area (Å²) in [7, 11) is 2.15. The minimum absolute atomic E-state index is 0.137. The highest BCUT2D eigenvalue weighted by Crippen LogP contribution is 2.19. The topological polar surface area (TPSA) is 29.3 Å². The monoisotopic (exact) mass is 296 g/mol. The van der Waals surface area contributed by atoms with Crippen LogP contribution in [0.1, 0.15) is 24.8 Å². The molecule has 0 aromatic heterocycles. The van der Waals surface area contributed by atoms with E-state index < -0.39 is 0 Å². The highest BCUT2D eigenvalue weighted by atomic mass is 32.2. The van der Waals surface area contributed by atoms with Crippen molar-refractivity contribution >= 4 is 29.0 Å². The summed E-state index contributed by atoms with van der Waals surface area (Å²) in [4.78, 5) is 2.93. The maximum Gasteiger partial charge on any atom is 0.0816 e. The maximum absolute atomic E-state index is 5.92. The first kappa shape index (κ1) is 16.5. The molecule has 0 aliphatic rings. The third kappa shape index (κ3) is 5.51. The highest BCUT2D eigenvalue weighted by Gasteiger charge is 2.19. The van der Waals surface area contributed by atoms with Crippen molar-refractivity contribution in [1.82, 2.24) is 4.90 Å². The first-order valence-corrected chi connectivity index (χ1v) is 8.40. The fraction of sp³-hybridized carbons (Fsp3) is 0.533. The lowest BCUT2D eigenvalue weighted by Gasteiger charge is -2.29. The van der Waals surface area contributed by atoms with E-state index in [4.69, 9.17) is 18.0 Å². The molecule has 0 aliphatic carbocycles. The molecule has 0 heterocycles. The van der Waals surface area contributed by atoms with Crippen LogP contribution in [0.3, 0.4) is 0 Å². The smallest absolute Gasteiger partial charge is 0.0816 e. The van der Waals surface area contributed by atoms with Crippen LogP contribution in [0.25, 0.3) is 0 Å². The van der Waals surface area contributed by atoms with Crippen LogP contribution >= 0.6 is 24.0 Å². The number of hydrogen-bond donors (Lipinski definition) is 1. The van der Waals surface area contributed by atoms with Crippen molar-refractivity contribution < 1.29 is 0 Å². The van der Waals surface area contributed by atoms with E-state index in [1.54, 1.807) is 0 Å². The summed E-state index contributed by atoms with van der Waals surface area (Å²) in [6.45, 7) is 3.15. The molecular formula is C15H24N2S2. The highest BCUT2D eigenvalue weighted by molar-refractivity contribution is 7.98. The number of likely N-dealkylation sites (N-methyl/N-ethyl adjacent to an activating group) is 1. The molecule has 0 amide bonds.